The molecule has 1 fully saturated rings. The van der Waals surface area contributed by atoms with Crippen molar-refractivity contribution in [2.45, 2.75) is 6.54 Å². The first-order valence-corrected chi connectivity index (χ1v) is 6.26. The smallest absolute Gasteiger partial charge is 0.248 e. The predicted octanol–water partition coefficient (Wildman–Crippen LogP) is -0.326. The molecule has 0 aromatic carbocycles. The predicted molar refractivity (Wildman–Crippen MR) is 67.1 cm³/mol. The number of rotatable bonds is 5. The van der Waals surface area contributed by atoms with Crippen LogP contribution in [0.1, 0.15) is 0 Å². The van der Waals surface area contributed by atoms with Crippen molar-refractivity contribution in [3.63, 3.8) is 0 Å². The van der Waals surface area contributed by atoms with E-state index >= 15 is 0 Å². The van der Waals surface area contributed by atoms with Gasteiger partial charge >= 0.3 is 0 Å². The number of aromatic nitrogens is 2. The molecule has 18 heavy (non-hydrogen) atoms. The molecule has 1 amide bonds. The summed E-state index contributed by atoms with van der Waals surface area (Å²) < 4.78 is 6.80. The van der Waals surface area contributed by atoms with E-state index in [2.05, 4.69) is 10.00 Å². The van der Waals surface area contributed by atoms with E-state index in [1.54, 1.807) is 13.3 Å². The zero-order chi connectivity index (χ0) is 12.8. The standard InChI is InChI=1S/C12H20N4O2/c1-18-11-12(17)15-8-5-14(6-9-15)7-10-16-4-2-3-13-16/h2-4H,5-11H2,1H3. The van der Waals surface area contributed by atoms with Crippen LogP contribution in [0.3, 0.4) is 0 Å². The second-order valence-corrected chi connectivity index (χ2v) is 4.42. The number of methoxy groups -OCH3 is 1. The number of piperazine rings is 1. The fourth-order valence-electron chi connectivity index (χ4n) is 2.11. The number of nitrogens with zero attached hydrogens (tertiary/aromatic N) is 4. The van der Waals surface area contributed by atoms with Crippen molar-refractivity contribution < 1.29 is 9.53 Å². The highest BCUT2D eigenvalue weighted by atomic mass is 16.5. The van der Waals surface area contributed by atoms with Gasteiger partial charge in [-0.15, -0.1) is 0 Å². The topological polar surface area (TPSA) is 50.6 Å². The van der Waals surface area contributed by atoms with Gasteiger partial charge in [-0.05, 0) is 6.07 Å². The molecule has 1 aliphatic heterocycles. The second-order valence-electron chi connectivity index (χ2n) is 4.42. The quantitative estimate of drug-likeness (QED) is 0.720. The molecule has 1 saturated heterocycles. The van der Waals surface area contributed by atoms with Crippen molar-refractivity contribution in [1.82, 2.24) is 19.6 Å². The molecule has 0 bridgehead atoms. The van der Waals surface area contributed by atoms with Gasteiger partial charge in [0.15, 0.2) is 0 Å². The molecule has 1 aliphatic rings. The lowest BCUT2D eigenvalue weighted by Gasteiger charge is -2.34. The van der Waals surface area contributed by atoms with Crippen molar-refractivity contribution >= 4 is 5.91 Å². The number of ether oxygens (including phenoxy) is 1. The van der Waals surface area contributed by atoms with Gasteiger partial charge in [0.25, 0.3) is 0 Å². The van der Waals surface area contributed by atoms with Crippen LogP contribution in [-0.2, 0) is 16.1 Å². The fourth-order valence-corrected chi connectivity index (χ4v) is 2.11. The van der Waals surface area contributed by atoms with Crippen molar-refractivity contribution in [2.24, 2.45) is 0 Å². The molecule has 0 spiro atoms. The minimum Gasteiger partial charge on any atom is -0.375 e. The molecule has 0 unspecified atom stereocenters. The van der Waals surface area contributed by atoms with Gasteiger partial charge < -0.3 is 9.64 Å². The molecule has 0 atom stereocenters. The first-order valence-electron chi connectivity index (χ1n) is 6.26. The summed E-state index contributed by atoms with van der Waals surface area (Å²) in [5.74, 6) is 0.0872. The van der Waals surface area contributed by atoms with E-state index in [-0.39, 0.29) is 12.5 Å². The number of carbonyl (C=O) groups is 1. The van der Waals surface area contributed by atoms with Gasteiger partial charge in [0.2, 0.25) is 5.91 Å². The van der Waals surface area contributed by atoms with Crippen molar-refractivity contribution in [3.05, 3.63) is 18.5 Å². The van der Waals surface area contributed by atoms with E-state index in [1.807, 2.05) is 21.8 Å². The molecular formula is C12H20N4O2. The Labute approximate surface area is 107 Å². The highest BCUT2D eigenvalue weighted by molar-refractivity contribution is 5.77. The Morgan fingerprint density at radius 2 is 2.06 bits per heavy atom. The molecule has 2 heterocycles. The Morgan fingerprint density at radius 3 is 2.67 bits per heavy atom. The monoisotopic (exact) mass is 252 g/mol. The van der Waals surface area contributed by atoms with Crippen LogP contribution in [-0.4, -0.2) is 71.9 Å². The lowest BCUT2D eigenvalue weighted by atomic mass is 10.3. The van der Waals surface area contributed by atoms with E-state index < -0.39 is 0 Å². The zero-order valence-electron chi connectivity index (χ0n) is 10.8. The Morgan fingerprint density at radius 1 is 1.28 bits per heavy atom. The van der Waals surface area contributed by atoms with E-state index in [1.165, 1.54) is 0 Å². The van der Waals surface area contributed by atoms with Gasteiger partial charge in [0.1, 0.15) is 6.61 Å². The Balaban J connectivity index is 1.68. The first-order chi connectivity index (χ1) is 8.79. The van der Waals surface area contributed by atoms with Crippen LogP contribution in [0.15, 0.2) is 18.5 Å². The Hall–Kier alpha value is -1.40. The van der Waals surface area contributed by atoms with Crippen LogP contribution in [0, 0.1) is 0 Å². The third-order valence-corrected chi connectivity index (χ3v) is 3.20. The normalized spacial score (nSPS) is 17.1. The fraction of sp³-hybridized carbons (Fsp3) is 0.667. The van der Waals surface area contributed by atoms with Crippen molar-refractivity contribution in [1.29, 1.82) is 0 Å². The van der Waals surface area contributed by atoms with Gasteiger partial charge in [-0.1, -0.05) is 0 Å². The van der Waals surface area contributed by atoms with Crippen molar-refractivity contribution in [2.75, 3.05) is 46.4 Å². The Kier molecular flexibility index (Phi) is 4.72. The summed E-state index contributed by atoms with van der Waals surface area (Å²) >= 11 is 0. The Bertz CT molecular complexity index is 358. The van der Waals surface area contributed by atoms with Crippen LogP contribution in [0.25, 0.3) is 0 Å². The molecule has 1 aromatic heterocycles. The molecule has 1 aromatic rings. The van der Waals surface area contributed by atoms with Gasteiger partial charge in [0.05, 0.1) is 6.54 Å². The molecule has 0 saturated carbocycles. The highest BCUT2D eigenvalue weighted by Gasteiger charge is 2.20. The summed E-state index contributed by atoms with van der Waals surface area (Å²) in [4.78, 5) is 15.8. The maximum atomic E-state index is 11.6. The van der Waals surface area contributed by atoms with E-state index in [9.17, 15) is 4.79 Å². The maximum absolute atomic E-state index is 11.6. The summed E-state index contributed by atoms with van der Waals surface area (Å²) in [6.07, 6.45) is 3.76. The third kappa shape index (κ3) is 3.54. The number of carbonyl (C=O) groups excluding carboxylic acids is 1. The third-order valence-electron chi connectivity index (χ3n) is 3.20. The number of hydrogen-bond donors (Lipinski definition) is 0. The number of amides is 1. The first kappa shape index (κ1) is 13.0. The summed E-state index contributed by atoms with van der Waals surface area (Å²) in [5.41, 5.74) is 0. The van der Waals surface area contributed by atoms with E-state index in [0.717, 1.165) is 39.3 Å². The summed E-state index contributed by atoms with van der Waals surface area (Å²) in [6.45, 7) is 5.51. The van der Waals surface area contributed by atoms with Crippen LogP contribution in [0.2, 0.25) is 0 Å². The minimum absolute atomic E-state index is 0.0872. The lowest BCUT2D eigenvalue weighted by Crippen LogP contribution is -2.50. The molecule has 0 aliphatic carbocycles. The average molecular weight is 252 g/mol. The molecule has 0 radical (unpaired) electrons. The summed E-state index contributed by atoms with van der Waals surface area (Å²) in [5, 5.41) is 4.18. The lowest BCUT2D eigenvalue weighted by molar-refractivity contribution is -0.136. The van der Waals surface area contributed by atoms with Gasteiger partial charge in [-0.25, -0.2) is 0 Å². The highest BCUT2D eigenvalue weighted by Crippen LogP contribution is 2.02. The van der Waals surface area contributed by atoms with Gasteiger partial charge in [-0.3, -0.25) is 14.4 Å². The van der Waals surface area contributed by atoms with Crippen LogP contribution < -0.4 is 0 Å². The van der Waals surface area contributed by atoms with Crippen LogP contribution in [0.4, 0.5) is 0 Å². The minimum atomic E-state index is 0.0872. The van der Waals surface area contributed by atoms with Crippen molar-refractivity contribution in [3.8, 4) is 0 Å². The zero-order valence-corrected chi connectivity index (χ0v) is 10.8. The van der Waals surface area contributed by atoms with Gasteiger partial charge in [-0.2, -0.15) is 5.10 Å². The van der Waals surface area contributed by atoms with Crippen LogP contribution in [0.5, 0.6) is 0 Å². The maximum Gasteiger partial charge on any atom is 0.248 e. The molecule has 100 valence electrons. The molecule has 6 heteroatoms. The number of hydrogen-bond acceptors (Lipinski definition) is 4. The van der Waals surface area contributed by atoms with E-state index in [0.29, 0.717) is 0 Å². The average Bonchev–Trinajstić information content (AvgIpc) is 2.90. The van der Waals surface area contributed by atoms with Gasteiger partial charge in [0, 0.05) is 52.2 Å². The SMILES string of the molecule is COCC(=O)N1CCN(CCn2cccn2)CC1. The molecule has 0 N–H and O–H groups in total. The van der Waals surface area contributed by atoms with Crippen LogP contribution >= 0.6 is 0 Å². The van der Waals surface area contributed by atoms with E-state index in [4.69, 9.17) is 4.74 Å². The second kappa shape index (κ2) is 6.51. The molecule has 2 rings (SSSR count). The summed E-state index contributed by atoms with van der Waals surface area (Å²) in [6, 6.07) is 1.93. The summed E-state index contributed by atoms with van der Waals surface area (Å²) in [7, 11) is 1.55. The molecular weight excluding hydrogens is 232 g/mol. The molecule has 6 nitrogen and oxygen atoms in total. The largest absolute Gasteiger partial charge is 0.375 e.